The van der Waals surface area contributed by atoms with Gasteiger partial charge in [0.15, 0.2) is 12.1 Å². The Balaban J connectivity index is 2.49. The van der Waals surface area contributed by atoms with Crippen molar-refractivity contribution in [1.82, 2.24) is 9.97 Å². The van der Waals surface area contributed by atoms with E-state index >= 15 is 0 Å². The molecule has 10 nitrogen and oxygen atoms in total. The van der Waals surface area contributed by atoms with Gasteiger partial charge in [0.05, 0.1) is 14.2 Å². The molecule has 0 aliphatic carbocycles. The monoisotopic (exact) mass is 284 g/mol. The molecule has 1 aliphatic rings. The van der Waals surface area contributed by atoms with Crippen molar-refractivity contribution in [1.29, 1.82) is 0 Å². The average Bonchev–Trinajstić information content (AvgIpc) is 2.44. The number of fused-ring (bicyclic) bond motifs is 1. The molecule has 0 aromatic carbocycles. The van der Waals surface area contributed by atoms with Crippen LogP contribution in [0.4, 0.5) is 11.5 Å². The molecule has 1 aromatic rings. The molecule has 0 bridgehead atoms. The van der Waals surface area contributed by atoms with E-state index in [0.717, 1.165) is 14.2 Å². The lowest BCUT2D eigenvalue weighted by Crippen LogP contribution is -2.55. The van der Waals surface area contributed by atoms with E-state index in [1.54, 1.807) is 0 Å². The van der Waals surface area contributed by atoms with Crippen LogP contribution in [0.25, 0.3) is 0 Å². The predicted molar refractivity (Wildman–Crippen MR) is 66.5 cm³/mol. The fourth-order valence-electron chi connectivity index (χ4n) is 1.85. The van der Waals surface area contributed by atoms with Crippen molar-refractivity contribution in [2.75, 3.05) is 24.9 Å². The highest BCUT2D eigenvalue weighted by Gasteiger charge is 2.40. The van der Waals surface area contributed by atoms with Crippen LogP contribution in [0.2, 0.25) is 0 Å². The number of aromatic amines is 2. The van der Waals surface area contributed by atoms with Crippen LogP contribution in [0.3, 0.4) is 0 Å². The van der Waals surface area contributed by atoms with Crippen molar-refractivity contribution < 1.29 is 19.1 Å². The average molecular weight is 284 g/mol. The number of aromatic nitrogens is 2. The van der Waals surface area contributed by atoms with Gasteiger partial charge >= 0.3 is 17.6 Å². The minimum absolute atomic E-state index is 0.00527. The first-order valence-corrected chi connectivity index (χ1v) is 5.53. The van der Waals surface area contributed by atoms with E-state index in [1.807, 2.05) is 4.98 Å². The molecule has 10 heteroatoms. The molecule has 108 valence electrons. The third-order valence-corrected chi connectivity index (χ3v) is 2.79. The van der Waals surface area contributed by atoms with Gasteiger partial charge in [0.25, 0.3) is 5.56 Å². The van der Waals surface area contributed by atoms with Crippen molar-refractivity contribution in [2.45, 2.75) is 12.1 Å². The van der Waals surface area contributed by atoms with Crippen molar-refractivity contribution in [3.63, 3.8) is 0 Å². The zero-order valence-corrected chi connectivity index (χ0v) is 10.6. The number of carbonyl (C=O) groups is 2. The van der Waals surface area contributed by atoms with E-state index in [0.29, 0.717) is 0 Å². The molecule has 2 heterocycles. The topological polar surface area (TPSA) is 142 Å². The Morgan fingerprint density at radius 2 is 1.50 bits per heavy atom. The summed E-state index contributed by atoms with van der Waals surface area (Å²) in [7, 11) is 2.29. The number of nitrogens with one attached hydrogen (secondary N) is 4. The molecule has 4 N–H and O–H groups in total. The SMILES string of the molecule is COC(=O)C1Nc2[nH]c(=O)[nH]c(=O)c2NC1C(=O)OC. The number of hydrogen-bond donors (Lipinski definition) is 4. The lowest BCUT2D eigenvalue weighted by molar-refractivity contribution is -0.149. The van der Waals surface area contributed by atoms with E-state index < -0.39 is 35.3 Å². The zero-order valence-electron chi connectivity index (χ0n) is 10.6. The Morgan fingerprint density at radius 3 is 2.05 bits per heavy atom. The zero-order chi connectivity index (χ0) is 14.9. The molecule has 1 aliphatic heterocycles. The second-order valence-electron chi connectivity index (χ2n) is 3.95. The van der Waals surface area contributed by atoms with Gasteiger partial charge in [-0.2, -0.15) is 0 Å². The third-order valence-electron chi connectivity index (χ3n) is 2.79. The first-order chi connectivity index (χ1) is 9.47. The van der Waals surface area contributed by atoms with Gasteiger partial charge in [-0.3, -0.25) is 14.8 Å². The first-order valence-electron chi connectivity index (χ1n) is 5.53. The predicted octanol–water partition coefficient (Wildman–Crippen LogP) is -2.02. The second kappa shape index (κ2) is 5.07. The Kier molecular flexibility index (Phi) is 3.46. The molecule has 1 aromatic heterocycles. The van der Waals surface area contributed by atoms with Crippen LogP contribution in [0.5, 0.6) is 0 Å². The molecule has 2 atom stereocenters. The van der Waals surface area contributed by atoms with E-state index in [4.69, 9.17) is 0 Å². The number of H-pyrrole nitrogens is 2. The molecular weight excluding hydrogens is 272 g/mol. The van der Waals surface area contributed by atoms with E-state index in [9.17, 15) is 19.2 Å². The summed E-state index contributed by atoms with van der Waals surface area (Å²) in [6.45, 7) is 0. The van der Waals surface area contributed by atoms with Crippen molar-refractivity contribution >= 4 is 23.4 Å². The highest BCUT2D eigenvalue weighted by atomic mass is 16.5. The summed E-state index contributed by atoms with van der Waals surface area (Å²) in [5.41, 5.74) is -1.54. The van der Waals surface area contributed by atoms with Crippen LogP contribution in [0, 0.1) is 0 Å². The van der Waals surface area contributed by atoms with Crippen molar-refractivity contribution in [3.8, 4) is 0 Å². The maximum Gasteiger partial charge on any atom is 0.331 e. The Labute approximate surface area is 111 Å². The van der Waals surface area contributed by atoms with Crippen molar-refractivity contribution in [2.24, 2.45) is 0 Å². The maximum atomic E-state index is 11.7. The molecule has 0 saturated heterocycles. The quantitative estimate of drug-likeness (QED) is 0.456. The van der Waals surface area contributed by atoms with Crippen LogP contribution in [-0.2, 0) is 19.1 Å². The van der Waals surface area contributed by atoms with Gasteiger partial charge < -0.3 is 20.1 Å². The molecule has 0 radical (unpaired) electrons. The summed E-state index contributed by atoms with van der Waals surface area (Å²) in [4.78, 5) is 50.5. The smallest absolute Gasteiger partial charge is 0.331 e. The van der Waals surface area contributed by atoms with Gasteiger partial charge in [0.2, 0.25) is 0 Å². The van der Waals surface area contributed by atoms with E-state index in [2.05, 4.69) is 25.1 Å². The highest BCUT2D eigenvalue weighted by Crippen LogP contribution is 2.22. The molecule has 0 amide bonds. The molecule has 0 fully saturated rings. The van der Waals surface area contributed by atoms with Gasteiger partial charge in [-0.05, 0) is 0 Å². The van der Waals surface area contributed by atoms with E-state index in [1.165, 1.54) is 0 Å². The summed E-state index contributed by atoms with van der Waals surface area (Å²) in [5, 5.41) is 5.14. The van der Waals surface area contributed by atoms with Crippen LogP contribution in [0.15, 0.2) is 9.59 Å². The number of carbonyl (C=O) groups excluding carboxylic acids is 2. The fraction of sp³-hybridized carbons (Fsp3) is 0.400. The number of rotatable bonds is 2. The molecule has 0 spiro atoms. The van der Waals surface area contributed by atoms with Gasteiger partial charge in [-0.25, -0.2) is 14.4 Å². The van der Waals surface area contributed by atoms with Crippen LogP contribution in [0.1, 0.15) is 0 Å². The van der Waals surface area contributed by atoms with Gasteiger partial charge in [-0.1, -0.05) is 0 Å². The minimum Gasteiger partial charge on any atom is -0.467 e. The molecule has 2 unspecified atom stereocenters. The number of ether oxygens (including phenoxy) is 2. The molecule has 2 rings (SSSR count). The van der Waals surface area contributed by atoms with Gasteiger partial charge in [0.1, 0.15) is 11.5 Å². The largest absolute Gasteiger partial charge is 0.467 e. The van der Waals surface area contributed by atoms with Gasteiger partial charge in [-0.15, -0.1) is 0 Å². The maximum absolute atomic E-state index is 11.7. The van der Waals surface area contributed by atoms with E-state index in [-0.39, 0.29) is 11.5 Å². The third kappa shape index (κ3) is 2.22. The lowest BCUT2D eigenvalue weighted by Gasteiger charge is -2.31. The number of hydrogen-bond acceptors (Lipinski definition) is 8. The molecular formula is C10H12N4O6. The standard InChI is InChI=1S/C10H12N4O6/c1-19-8(16)3-4(9(17)20-2)12-6-5(11-3)7(15)14-10(18)13-6/h3-4,11H,1-2H3,(H3,12,13,14,15,18). The molecule has 20 heavy (non-hydrogen) atoms. The Hall–Kier alpha value is -2.78. The number of methoxy groups -OCH3 is 2. The second-order valence-corrected chi connectivity index (χ2v) is 3.95. The highest BCUT2D eigenvalue weighted by molar-refractivity contribution is 5.94. The Bertz CT molecular complexity index is 662. The van der Waals surface area contributed by atoms with Gasteiger partial charge in [0, 0.05) is 0 Å². The summed E-state index contributed by atoms with van der Waals surface area (Å²) < 4.78 is 9.12. The number of anilines is 2. The van der Waals surface area contributed by atoms with Crippen LogP contribution in [-0.4, -0.2) is 48.2 Å². The molecule has 0 saturated carbocycles. The number of esters is 2. The lowest BCUT2D eigenvalue weighted by atomic mass is 10.1. The van der Waals surface area contributed by atoms with Crippen LogP contribution < -0.4 is 21.9 Å². The summed E-state index contributed by atoms with van der Waals surface area (Å²) in [6.07, 6.45) is 0. The normalized spacial score (nSPS) is 20.1. The van der Waals surface area contributed by atoms with Crippen LogP contribution >= 0.6 is 0 Å². The summed E-state index contributed by atoms with van der Waals surface area (Å²) in [5.74, 6) is -1.52. The summed E-state index contributed by atoms with van der Waals surface area (Å²) in [6, 6.07) is -2.30. The first kappa shape index (κ1) is 13.6. The van der Waals surface area contributed by atoms with Crippen molar-refractivity contribution in [3.05, 3.63) is 20.8 Å². The fourth-order valence-corrected chi connectivity index (χ4v) is 1.85. The Morgan fingerprint density at radius 1 is 0.950 bits per heavy atom. The minimum atomic E-state index is -1.16. The summed E-state index contributed by atoms with van der Waals surface area (Å²) >= 11 is 0.